The zero-order chi connectivity index (χ0) is 14.6. The summed E-state index contributed by atoms with van der Waals surface area (Å²) in [5, 5.41) is 3.08. The lowest BCUT2D eigenvalue weighted by Crippen LogP contribution is -2.45. The molecule has 1 N–H and O–H groups in total. The molecule has 1 atom stereocenters. The van der Waals surface area contributed by atoms with Crippen LogP contribution in [0.2, 0.25) is 0 Å². The predicted molar refractivity (Wildman–Crippen MR) is 77.0 cm³/mol. The number of Topliss-reactive ketones (excluding diaryl/α,β-unsaturated/α-hetero) is 1. The van der Waals surface area contributed by atoms with E-state index in [2.05, 4.69) is 5.32 Å². The lowest BCUT2D eigenvalue weighted by molar-refractivity contribution is 0.0972. The average molecular weight is 297 g/mol. The van der Waals surface area contributed by atoms with Gasteiger partial charge in [0.15, 0.2) is 15.6 Å². The SMILES string of the molecule is CCOc1ccc(C(=O)CC2CS(=O)(=O)CCN2)cc1. The average Bonchev–Trinajstić information content (AvgIpc) is 2.38. The smallest absolute Gasteiger partial charge is 0.164 e. The molecule has 1 heterocycles. The van der Waals surface area contributed by atoms with Gasteiger partial charge in [0, 0.05) is 24.6 Å². The second-order valence-electron chi connectivity index (χ2n) is 4.85. The summed E-state index contributed by atoms with van der Waals surface area (Å²) in [4.78, 5) is 12.1. The number of nitrogens with one attached hydrogen (secondary N) is 1. The fourth-order valence-electron chi connectivity index (χ4n) is 2.24. The van der Waals surface area contributed by atoms with E-state index in [1.165, 1.54) is 0 Å². The standard InChI is InChI=1S/C14H19NO4S/c1-2-19-13-5-3-11(4-6-13)14(16)9-12-10-20(17,18)8-7-15-12/h3-6,12,15H,2,7-10H2,1H3. The summed E-state index contributed by atoms with van der Waals surface area (Å²) < 4.78 is 28.4. The van der Waals surface area contributed by atoms with Gasteiger partial charge in [0.2, 0.25) is 0 Å². The minimum absolute atomic E-state index is 0.0375. The van der Waals surface area contributed by atoms with Crippen LogP contribution in [0.5, 0.6) is 5.75 Å². The van der Waals surface area contributed by atoms with Crippen LogP contribution in [-0.4, -0.2) is 44.9 Å². The molecule has 1 aromatic rings. The molecule has 1 unspecified atom stereocenters. The maximum absolute atomic E-state index is 12.1. The Labute approximate surface area is 119 Å². The summed E-state index contributed by atoms with van der Waals surface area (Å²) in [5.74, 6) is 0.862. The van der Waals surface area contributed by atoms with Gasteiger partial charge in [-0.2, -0.15) is 0 Å². The van der Waals surface area contributed by atoms with Crippen LogP contribution in [0.25, 0.3) is 0 Å². The highest BCUT2D eigenvalue weighted by atomic mass is 32.2. The zero-order valence-electron chi connectivity index (χ0n) is 11.5. The molecule has 1 saturated heterocycles. The van der Waals surface area contributed by atoms with Gasteiger partial charge in [-0.25, -0.2) is 8.42 Å². The van der Waals surface area contributed by atoms with Gasteiger partial charge in [-0.1, -0.05) is 0 Å². The first kappa shape index (κ1) is 15.0. The van der Waals surface area contributed by atoms with E-state index in [0.29, 0.717) is 18.7 Å². The van der Waals surface area contributed by atoms with E-state index in [4.69, 9.17) is 4.74 Å². The maximum Gasteiger partial charge on any atom is 0.164 e. The van der Waals surface area contributed by atoms with Crippen LogP contribution >= 0.6 is 0 Å². The molecule has 1 fully saturated rings. The maximum atomic E-state index is 12.1. The fraction of sp³-hybridized carbons (Fsp3) is 0.500. The molecule has 1 aromatic carbocycles. The molecular weight excluding hydrogens is 278 g/mol. The normalized spacial score (nSPS) is 21.4. The molecular formula is C14H19NO4S. The molecule has 110 valence electrons. The minimum Gasteiger partial charge on any atom is -0.494 e. The van der Waals surface area contributed by atoms with Crippen molar-refractivity contribution in [2.75, 3.05) is 24.7 Å². The van der Waals surface area contributed by atoms with E-state index in [9.17, 15) is 13.2 Å². The lowest BCUT2D eigenvalue weighted by atomic mass is 10.0. The fourth-order valence-corrected chi connectivity index (χ4v) is 3.69. The zero-order valence-corrected chi connectivity index (χ0v) is 12.3. The molecule has 20 heavy (non-hydrogen) atoms. The van der Waals surface area contributed by atoms with Crippen LogP contribution < -0.4 is 10.1 Å². The summed E-state index contributed by atoms with van der Waals surface area (Å²) in [7, 11) is -3.01. The van der Waals surface area contributed by atoms with Crippen molar-refractivity contribution in [2.45, 2.75) is 19.4 Å². The molecule has 5 nitrogen and oxygen atoms in total. The second kappa shape index (κ2) is 6.37. The van der Waals surface area contributed by atoms with E-state index in [1.54, 1.807) is 24.3 Å². The van der Waals surface area contributed by atoms with E-state index >= 15 is 0 Å². The van der Waals surface area contributed by atoms with E-state index in [0.717, 1.165) is 5.75 Å². The Kier molecular flexibility index (Phi) is 4.77. The number of hydrogen-bond donors (Lipinski definition) is 1. The summed E-state index contributed by atoms with van der Waals surface area (Å²) in [6.07, 6.45) is 0.202. The molecule has 0 aliphatic carbocycles. The Balaban J connectivity index is 1.97. The monoisotopic (exact) mass is 297 g/mol. The molecule has 0 aromatic heterocycles. The van der Waals surface area contributed by atoms with Crippen molar-refractivity contribution in [3.8, 4) is 5.75 Å². The van der Waals surface area contributed by atoms with Gasteiger partial charge < -0.3 is 10.1 Å². The molecule has 0 bridgehead atoms. The van der Waals surface area contributed by atoms with Crippen LogP contribution in [0.15, 0.2) is 24.3 Å². The number of ether oxygens (including phenoxy) is 1. The first-order valence-corrected chi connectivity index (χ1v) is 8.52. The summed E-state index contributed by atoms with van der Waals surface area (Å²) >= 11 is 0. The number of benzene rings is 1. The Hall–Kier alpha value is -1.40. The highest BCUT2D eigenvalue weighted by Gasteiger charge is 2.26. The van der Waals surface area contributed by atoms with Gasteiger partial charge in [-0.15, -0.1) is 0 Å². The topological polar surface area (TPSA) is 72.5 Å². The van der Waals surface area contributed by atoms with Gasteiger partial charge in [-0.3, -0.25) is 4.79 Å². The van der Waals surface area contributed by atoms with Crippen molar-refractivity contribution in [1.82, 2.24) is 5.32 Å². The van der Waals surface area contributed by atoms with Crippen LogP contribution in [0, 0.1) is 0 Å². The lowest BCUT2D eigenvalue weighted by Gasteiger charge is -2.23. The number of rotatable bonds is 5. The predicted octanol–water partition coefficient (Wildman–Crippen LogP) is 1.04. The summed E-state index contributed by atoms with van der Waals surface area (Å²) in [6, 6.07) is 6.64. The minimum atomic E-state index is -3.01. The summed E-state index contributed by atoms with van der Waals surface area (Å²) in [5.41, 5.74) is 0.582. The van der Waals surface area contributed by atoms with E-state index < -0.39 is 9.84 Å². The Morgan fingerprint density at radius 1 is 1.35 bits per heavy atom. The van der Waals surface area contributed by atoms with Gasteiger partial charge >= 0.3 is 0 Å². The van der Waals surface area contributed by atoms with Crippen molar-refractivity contribution in [2.24, 2.45) is 0 Å². The first-order chi connectivity index (χ1) is 9.50. The van der Waals surface area contributed by atoms with Crippen LogP contribution in [0.4, 0.5) is 0 Å². The molecule has 0 saturated carbocycles. The molecule has 1 aliphatic rings. The van der Waals surface area contributed by atoms with Crippen molar-refractivity contribution < 1.29 is 17.9 Å². The third-order valence-corrected chi connectivity index (χ3v) is 4.96. The number of carbonyl (C=O) groups is 1. The Morgan fingerprint density at radius 2 is 2.05 bits per heavy atom. The van der Waals surface area contributed by atoms with Crippen molar-refractivity contribution in [3.63, 3.8) is 0 Å². The molecule has 2 rings (SSSR count). The van der Waals surface area contributed by atoms with Crippen LogP contribution in [-0.2, 0) is 9.84 Å². The van der Waals surface area contributed by atoms with Gasteiger partial charge in [-0.05, 0) is 31.2 Å². The highest BCUT2D eigenvalue weighted by molar-refractivity contribution is 7.91. The molecule has 1 aliphatic heterocycles. The number of carbonyl (C=O) groups excluding carboxylic acids is 1. The molecule has 6 heteroatoms. The molecule has 0 amide bonds. The quantitative estimate of drug-likeness (QED) is 0.822. The van der Waals surface area contributed by atoms with Crippen LogP contribution in [0.1, 0.15) is 23.7 Å². The van der Waals surface area contributed by atoms with Crippen molar-refractivity contribution >= 4 is 15.6 Å². The van der Waals surface area contributed by atoms with Crippen LogP contribution in [0.3, 0.4) is 0 Å². The molecule has 0 spiro atoms. The number of hydrogen-bond acceptors (Lipinski definition) is 5. The summed E-state index contributed by atoms with van der Waals surface area (Å²) in [6.45, 7) is 2.90. The third-order valence-electron chi connectivity index (χ3n) is 3.22. The Bertz CT molecular complexity index is 565. The van der Waals surface area contributed by atoms with Crippen molar-refractivity contribution in [1.29, 1.82) is 0 Å². The number of sulfone groups is 1. The van der Waals surface area contributed by atoms with Gasteiger partial charge in [0.05, 0.1) is 18.1 Å². The van der Waals surface area contributed by atoms with Gasteiger partial charge in [0.25, 0.3) is 0 Å². The largest absolute Gasteiger partial charge is 0.494 e. The third kappa shape index (κ3) is 4.05. The highest BCUT2D eigenvalue weighted by Crippen LogP contribution is 2.15. The second-order valence-corrected chi connectivity index (χ2v) is 7.08. The van der Waals surface area contributed by atoms with Gasteiger partial charge in [0.1, 0.15) is 5.75 Å². The number of ketones is 1. The van der Waals surface area contributed by atoms with E-state index in [1.807, 2.05) is 6.92 Å². The first-order valence-electron chi connectivity index (χ1n) is 6.70. The van der Waals surface area contributed by atoms with E-state index in [-0.39, 0.29) is 29.8 Å². The van der Waals surface area contributed by atoms with Crippen molar-refractivity contribution in [3.05, 3.63) is 29.8 Å². The molecule has 0 radical (unpaired) electrons. The Morgan fingerprint density at radius 3 is 2.65 bits per heavy atom.